The summed E-state index contributed by atoms with van der Waals surface area (Å²) in [5.41, 5.74) is 8.93. The van der Waals surface area contributed by atoms with Crippen LogP contribution in [0.15, 0.2) is 53.4 Å². The molecular formula is C16H20N2O2S. The van der Waals surface area contributed by atoms with Crippen molar-refractivity contribution in [1.82, 2.24) is 5.32 Å². The number of sulfone groups is 1. The lowest BCUT2D eigenvalue weighted by Crippen LogP contribution is -2.12. The van der Waals surface area contributed by atoms with Gasteiger partial charge >= 0.3 is 0 Å². The summed E-state index contributed by atoms with van der Waals surface area (Å²) in [4.78, 5) is 0.351. The van der Waals surface area contributed by atoms with E-state index >= 15 is 0 Å². The molecule has 0 fully saturated rings. The second-order valence-electron chi connectivity index (χ2n) is 5.04. The van der Waals surface area contributed by atoms with Crippen molar-refractivity contribution in [3.8, 4) is 0 Å². The van der Waals surface area contributed by atoms with Crippen LogP contribution in [0.1, 0.15) is 16.7 Å². The minimum atomic E-state index is -3.12. The highest BCUT2D eigenvalue weighted by atomic mass is 32.2. The molecule has 0 aliphatic heterocycles. The molecule has 0 amide bonds. The van der Waals surface area contributed by atoms with Crippen LogP contribution < -0.4 is 11.1 Å². The van der Waals surface area contributed by atoms with Gasteiger partial charge < -0.3 is 11.1 Å². The fourth-order valence-corrected chi connectivity index (χ4v) is 2.63. The fraction of sp³-hybridized carbons (Fsp3) is 0.250. The molecule has 0 aliphatic carbocycles. The van der Waals surface area contributed by atoms with Crippen LogP contribution >= 0.6 is 0 Å². The molecule has 0 saturated heterocycles. The van der Waals surface area contributed by atoms with Gasteiger partial charge in [-0.05, 0) is 28.8 Å². The minimum absolute atomic E-state index is 0.351. The third-order valence-electron chi connectivity index (χ3n) is 3.27. The van der Waals surface area contributed by atoms with Gasteiger partial charge in [0.05, 0.1) is 4.90 Å². The monoisotopic (exact) mass is 304 g/mol. The zero-order chi connectivity index (χ0) is 15.3. The van der Waals surface area contributed by atoms with Gasteiger partial charge in [-0.3, -0.25) is 0 Å². The molecule has 2 rings (SSSR count). The molecule has 0 unspecified atom stereocenters. The molecule has 0 spiro atoms. The van der Waals surface area contributed by atoms with Crippen LogP contribution in [0.3, 0.4) is 0 Å². The lowest BCUT2D eigenvalue weighted by atomic mass is 10.1. The zero-order valence-electron chi connectivity index (χ0n) is 12.0. The van der Waals surface area contributed by atoms with Crippen LogP contribution in [0.25, 0.3) is 0 Å². The van der Waals surface area contributed by atoms with Crippen molar-refractivity contribution < 1.29 is 8.42 Å². The molecule has 0 aromatic heterocycles. The van der Waals surface area contributed by atoms with Crippen LogP contribution in [0.2, 0.25) is 0 Å². The molecule has 3 N–H and O–H groups in total. The van der Waals surface area contributed by atoms with Crippen molar-refractivity contribution in [3.63, 3.8) is 0 Å². The van der Waals surface area contributed by atoms with E-state index in [2.05, 4.69) is 17.4 Å². The highest BCUT2D eigenvalue weighted by Gasteiger charge is 2.05. The Morgan fingerprint density at radius 1 is 0.857 bits per heavy atom. The third-order valence-corrected chi connectivity index (χ3v) is 4.40. The van der Waals surface area contributed by atoms with Crippen molar-refractivity contribution >= 4 is 9.84 Å². The van der Waals surface area contributed by atoms with Gasteiger partial charge in [-0.2, -0.15) is 0 Å². The SMILES string of the molecule is CS(=O)(=O)c1ccc(CNCc2ccc(CN)cc2)cc1. The van der Waals surface area contributed by atoms with Crippen LogP contribution in [-0.2, 0) is 29.5 Å². The first-order valence-corrected chi connectivity index (χ1v) is 8.66. The maximum atomic E-state index is 11.4. The highest BCUT2D eigenvalue weighted by Crippen LogP contribution is 2.10. The topological polar surface area (TPSA) is 72.2 Å². The molecule has 5 heteroatoms. The van der Waals surface area contributed by atoms with E-state index in [1.54, 1.807) is 12.1 Å². The molecule has 2 aromatic carbocycles. The fourth-order valence-electron chi connectivity index (χ4n) is 2.00. The summed E-state index contributed by atoms with van der Waals surface area (Å²) < 4.78 is 22.7. The average molecular weight is 304 g/mol. The van der Waals surface area contributed by atoms with E-state index in [9.17, 15) is 8.42 Å². The Morgan fingerprint density at radius 2 is 1.29 bits per heavy atom. The van der Waals surface area contributed by atoms with Gasteiger partial charge in [0.1, 0.15) is 0 Å². The van der Waals surface area contributed by atoms with E-state index in [1.807, 2.05) is 24.3 Å². The minimum Gasteiger partial charge on any atom is -0.326 e. The third kappa shape index (κ3) is 4.67. The van der Waals surface area contributed by atoms with Crippen molar-refractivity contribution in [2.45, 2.75) is 24.5 Å². The van der Waals surface area contributed by atoms with Gasteiger partial charge in [0, 0.05) is 25.9 Å². The standard InChI is InChI=1S/C16H20N2O2S/c1-21(19,20)16-8-6-15(7-9-16)12-18-11-14-4-2-13(10-17)3-5-14/h2-9,18H,10-12,17H2,1H3. The summed E-state index contributed by atoms with van der Waals surface area (Å²) in [5.74, 6) is 0. The van der Waals surface area contributed by atoms with E-state index in [0.717, 1.165) is 17.7 Å². The molecule has 0 heterocycles. The van der Waals surface area contributed by atoms with Crippen LogP contribution in [0.4, 0.5) is 0 Å². The quantitative estimate of drug-likeness (QED) is 0.854. The lowest BCUT2D eigenvalue weighted by molar-refractivity contribution is 0.602. The second-order valence-corrected chi connectivity index (χ2v) is 7.06. The van der Waals surface area contributed by atoms with Crippen LogP contribution in [0, 0.1) is 0 Å². The average Bonchev–Trinajstić information content (AvgIpc) is 2.47. The van der Waals surface area contributed by atoms with E-state index in [0.29, 0.717) is 18.0 Å². The molecule has 21 heavy (non-hydrogen) atoms. The summed E-state index contributed by atoms with van der Waals surface area (Å²) >= 11 is 0. The summed E-state index contributed by atoms with van der Waals surface area (Å²) in [7, 11) is -3.12. The highest BCUT2D eigenvalue weighted by molar-refractivity contribution is 7.90. The maximum Gasteiger partial charge on any atom is 0.175 e. The molecule has 2 aromatic rings. The van der Waals surface area contributed by atoms with Gasteiger partial charge in [-0.15, -0.1) is 0 Å². The summed E-state index contributed by atoms with van der Waals surface area (Å²) in [5, 5.41) is 3.33. The van der Waals surface area contributed by atoms with E-state index in [1.165, 1.54) is 11.8 Å². The molecule has 0 bridgehead atoms. The summed E-state index contributed by atoms with van der Waals surface area (Å²) in [6.07, 6.45) is 1.21. The summed E-state index contributed by atoms with van der Waals surface area (Å²) in [6, 6.07) is 15.1. The van der Waals surface area contributed by atoms with Crippen molar-refractivity contribution in [1.29, 1.82) is 0 Å². The predicted molar refractivity (Wildman–Crippen MR) is 84.4 cm³/mol. The first-order chi connectivity index (χ1) is 9.99. The Bertz CT molecular complexity index is 677. The number of benzene rings is 2. The number of rotatable bonds is 6. The number of hydrogen-bond acceptors (Lipinski definition) is 4. The van der Waals surface area contributed by atoms with Gasteiger partial charge in [0.15, 0.2) is 9.84 Å². The predicted octanol–water partition coefficient (Wildman–Crippen LogP) is 1.84. The molecule has 0 saturated carbocycles. The Kier molecular flexibility index (Phi) is 5.12. The summed E-state index contributed by atoms with van der Waals surface area (Å²) in [6.45, 7) is 2.02. The van der Waals surface area contributed by atoms with Gasteiger partial charge in [-0.25, -0.2) is 8.42 Å². The molecule has 0 atom stereocenters. The van der Waals surface area contributed by atoms with Gasteiger partial charge in [-0.1, -0.05) is 36.4 Å². The molecule has 0 radical (unpaired) electrons. The molecule has 112 valence electrons. The zero-order valence-corrected chi connectivity index (χ0v) is 12.9. The Hall–Kier alpha value is -1.69. The molecule has 0 aliphatic rings. The van der Waals surface area contributed by atoms with Crippen LogP contribution in [-0.4, -0.2) is 14.7 Å². The van der Waals surface area contributed by atoms with E-state index in [4.69, 9.17) is 5.73 Å². The smallest absolute Gasteiger partial charge is 0.175 e. The number of nitrogens with two attached hydrogens (primary N) is 1. The number of nitrogens with one attached hydrogen (secondary N) is 1. The Morgan fingerprint density at radius 3 is 1.71 bits per heavy atom. The lowest BCUT2D eigenvalue weighted by Gasteiger charge is -2.07. The van der Waals surface area contributed by atoms with Crippen molar-refractivity contribution in [3.05, 3.63) is 65.2 Å². The number of hydrogen-bond donors (Lipinski definition) is 2. The Labute approximate surface area is 125 Å². The first-order valence-electron chi connectivity index (χ1n) is 6.76. The Balaban J connectivity index is 1.88. The largest absolute Gasteiger partial charge is 0.326 e. The van der Waals surface area contributed by atoms with Crippen molar-refractivity contribution in [2.24, 2.45) is 5.73 Å². The second kappa shape index (κ2) is 6.85. The van der Waals surface area contributed by atoms with E-state index in [-0.39, 0.29) is 0 Å². The normalized spacial score (nSPS) is 11.5. The van der Waals surface area contributed by atoms with Gasteiger partial charge in [0.2, 0.25) is 0 Å². The first kappa shape index (κ1) is 15.7. The van der Waals surface area contributed by atoms with Gasteiger partial charge in [0.25, 0.3) is 0 Å². The maximum absolute atomic E-state index is 11.4. The molecular weight excluding hydrogens is 284 g/mol. The van der Waals surface area contributed by atoms with E-state index < -0.39 is 9.84 Å². The van der Waals surface area contributed by atoms with Crippen LogP contribution in [0.5, 0.6) is 0 Å². The van der Waals surface area contributed by atoms with Crippen molar-refractivity contribution in [2.75, 3.05) is 6.26 Å². The molecule has 4 nitrogen and oxygen atoms in total.